The van der Waals surface area contributed by atoms with Crippen LogP contribution in [0.15, 0.2) is 30.2 Å². The molecule has 1 aromatic heterocycles. The van der Waals surface area contributed by atoms with Gasteiger partial charge in [-0.15, -0.1) is 0 Å². The number of anilines is 1. The van der Waals surface area contributed by atoms with E-state index in [1.165, 1.54) is 38.3 Å². The predicted octanol–water partition coefficient (Wildman–Crippen LogP) is 1.85. The normalized spacial score (nSPS) is 16.4. The van der Waals surface area contributed by atoms with Crippen LogP contribution < -0.4 is 21.5 Å². The molecule has 2 rings (SSSR count). The zero-order chi connectivity index (χ0) is 15.8. The van der Waals surface area contributed by atoms with E-state index in [0.717, 1.165) is 17.3 Å². The van der Waals surface area contributed by atoms with Gasteiger partial charge in [-0.25, -0.2) is 4.98 Å². The van der Waals surface area contributed by atoms with Gasteiger partial charge in [0.2, 0.25) is 0 Å². The van der Waals surface area contributed by atoms with E-state index in [1.807, 2.05) is 24.1 Å². The van der Waals surface area contributed by atoms with Gasteiger partial charge < -0.3 is 26.4 Å². The quantitative estimate of drug-likeness (QED) is 0.666. The first-order valence-corrected chi connectivity index (χ1v) is 7.91. The Morgan fingerprint density at radius 3 is 2.91 bits per heavy atom. The lowest BCUT2D eigenvalue weighted by Crippen LogP contribution is -2.29. The number of nitrogens with zero attached hydrogens (tertiary/aromatic N) is 2. The maximum Gasteiger partial charge on any atom is 0.168 e. The number of likely N-dealkylation sites (N-methyl/N-ethyl adjacent to an activating group) is 1. The summed E-state index contributed by atoms with van der Waals surface area (Å²) >= 11 is 0. The minimum atomic E-state index is 0.370. The lowest BCUT2D eigenvalue weighted by Gasteiger charge is -2.25. The summed E-state index contributed by atoms with van der Waals surface area (Å²) in [5.74, 6) is 1.55. The highest BCUT2D eigenvalue weighted by Gasteiger charge is 2.16. The van der Waals surface area contributed by atoms with Crippen LogP contribution in [0.2, 0.25) is 0 Å². The molecule has 0 radical (unpaired) electrons. The van der Waals surface area contributed by atoms with E-state index < -0.39 is 0 Å². The zero-order valence-electron chi connectivity index (χ0n) is 13.3. The van der Waals surface area contributed by atoms with E-state index in [2.05, 4.69) is 10.3 Å². The maximum absolute atomic E-state index is 5.88. The molecule has 1 fully saturated rings. The third kappa shape index (κ3) is 4.53. The Morgan fingerprint density at radius 2 is 2.23 bits per heavy atom. The van der Waals surface area contributed by atoms with Crippen LogP contribution in [0.4, 0.5) is 5.82 Å². The molecule has 1 aliphatic rings. The molecule has 0 spiro atoms. The molecule has 0 aliphatic heterocycles. The van der Waals surface area contributed by atoms with Crippen molar-refractivity contribution in [3.8, 4) is 5.75 Å². The summed E-state index contributed by atoms with van der Waals surface area (Å²) in [6.07, 6.45) is 9.59. The zero-order valence-corrected chi connectivity index (χ0v) is 13.3. The molecule has 1 aliphatic carbocycles. The number of nitrogens with one attached hydrogen (secondary N) is 1. The molecule has 6 nitrogen and oxygen atoms in total. The summed E-state index contributed by atoms with van der Waals surface area (Å²) in [5.41, 5.74) is 12.1. The minimum absolute atomic E-state index is 0.370. The topological polar surface area (TPSA) is 89.4 Å². The van der Waals surface area contributed by atoms with Crippen LogP contribution in [0.1, 0.15) is 32.1 Å². The highest BCUT2D eigenvalue weighted by Crippen LogP contribution is 2.26. The smallest absolute Gasteiger partial charge is 0.168 e. The summed E-state index contributed by atoms with van der Waals surface area (Å²) < 4.78 is 5.88. The number of aromatic nitrogens is 1. The van der Waals surface area contributed by atoms with Gasteiger partial charge in [-0.3, -0.25) is 0 Å². The first-order chi connectivity index (χ1) is 10.7. The van der Waals surface area contributed by atoms with Crippen LogP contribution in [0.5, 0.6) is 5.75 Å². The molecule has 0 amide bonds. The monoisotopic (exact) mass is 305 g/mol. The summed E-state index contributed by atoms with van der Waals surface area (Å²) in [4.78, 5) is 6.27. The molecule has 22 heavy (non-hydrogen) atoms. The Bertz CT molecular complexity index is 485. The molecule has 122 valence electrons. The Kier molecular flexibility index (Phi) is 6.33. The third-order valence-corrected chi connectivity index (χ3v) is 4.05. The Labute approximate surface area is 132 Å². The van der Waals surface area contributed by atoms with Crippen LogP contribution in [-0.4, -0.2) is 36.2 Å². The van der Waals surface area contributed by atoms with Gasteiger partial charge in [0.25, 0.3) is 0 Å². The fourth-order valence-electron chi connectivity index (χ4n) is 2.61. The lowest BCUT2D eigenvalue weighted by molar-refractivity contribution is 0.293. The van der Waals surface area contributed by atoms with E-state index in [4.69, 9.17) is 16.2 Å². The van der Waals surface area contributed by atoms with Gasteiger partial charge in [0.15, 0.2) is 11.6 Å². The van der Waals surface area contributed by atoms with E-state index >= 15 is 0 Å². The standard InChI is InChI=1S/C16H27N5O/c1-21(12-18)14(10-17)11-22-15-8-5-9-19-16(15)20-13-6-3-2-4-7-13/h5,8-10,13H,2-4,6-7,11-12,17-18H2,1H3,(H,19,20)/b14-10-. The van der Waals surface area contributed by atoms with Gasteiger partial charge in [0.05, 0.1) is 12.4 Å². The first-order valence-electron chi connectivity index (χ1n) is 7.91. The molecular weight excluding hydrogens is 278 g/mol. The Hall–Kier alpha value is -1.95. The van der Waals surface area contributed by atoms with Crippen LogP contribution in [0.3, 0.4) is 0 Å². The molecule has 0 saturated heterocycles. The molecule has 5 N–H and O–H groups in total. The third-order valence-electron chi connectivity index (χ3n) is 4.05. The van der Waals surface area contributed by atoms with Crippen molar-refractivity contribution in [1.29, 1.82) is 0 Å². The van der Waals surface area contributed by atoms with Gasteiger partial charge in [-0.2, -0.15) is 0 Å². The highest BCUT2D eigenvalue weighted by molar-refractivity contribution is 5.50. The number of ether oxygens (including phenoxy) is 1. The van der Waals surface area contributed by atoms with Crippen molar-refractivity contribution in [1.82, 2.24) is 9.88 Å². The number of nitrogens with two attached hydrogens (primary N) is 2. The molecule has 6 heteroatoms. The summed E-state index contributed by atoms with van der Waals surface area (Å²) in [5, 5.41) is 3.51. The second-order valence-electron chi connectivity index (χ2n) is 5.66. The fourth-order valence-corrected chi connectivity index (χ4v) is 2.61. The second-order valence-corrected chi connectivity index (χ2v) is 5.66. The van der Waals surface area contributed by atoms with Gasteiger partial charge in [0, 0.05) is 25.5 Å². The summed E-state index contributed by atoms with van der Waals surface area (Å²) in [7, 11) is 1.88. The lowest BCUT2D eigenvalue weighted by atomic mass is 9.95. The van der Waals surface area contributed by atoms with Gasteiger partial charge in [-0.05, 0) is 25.0 Å². The second kappa shape index (κ2) is 8.48. The molecule has 1 saturated carbocycles. The van der Waals surface area contributed by atoms with Crippen LogP contribution in [-0.2, 0) is 0 Å². The molecule has 0 aromatic carbocycles. The van der Waals surface area contributed by atoms with E-state index in [0.29, 0.717) is 19.3 Å². The minimum Gasteiger partial charge on any atom is -0.483 e. The fraction of sp³-hybridized carbons (Fsp3) is 0.562. The predicted molar refractivity (Wildman–Crippen MR) is 89.3 cm³/mol. The Balaban J connectivity index is 1.98. The van der Waals surface area contributed by atoms with Crippen molar-refractivity contribution in [3.05, 3.63) is 30.2 Å². The van der Waals surface area contributed by atoms with Crippen molar-refractivity contribution >= 4 is 5.82 Å². The maximum atomic E-state index is 5.88. The van der Waals surface area contributed by atoms with Crippen molar-refractivity contribution < 1.29 is 4.74 Å². The number of hydrogen-bond donors (Lipinski definition) is 3. The van der Waals surface area contributed by atoms with Crippen molar-refractivity contribution in [3.63, 3.8) is 0 Å². The molecule has 0 unspecified atom stereocenters. The molecule has 0 bridgehead atoms. The average molecular weight is 305 g/mol. The summed E-state index contributed by atoms with van der Waals surface area (Å²) in [6, 6.07) is 4.29. The average Bonchev–Trinajstić information content (AvgIpc) is 2.57. The Morgan fingerprint density at radius 1 is 1.45 bits per heavy atom. The molecule has 1 aromatic rings. The molecule has 0 atom stereocenters. The summed E-state index contributed by atoms with van der Waals surface area (Å²) in [6.45, 7) is 0.766. The largest absolute Gasteiger partial charge is 0.483 e. The first kappa shape index (κ1) is 16.4. The van der Waals surface area contributed by atoms with Crippen LogP contribution in [0.25, 0.3) is 0 Å². The molecule has 1 heterocycles. The van der Waals surface area contributed by atoms with Gasteiger partial charge in [-0.1, -0.05) is 19.3 Å². The van der Waals surface area contributed by atoms with Crippen molar-refractivity contribution in [2.24, 2.45) is 11.5 Å². The SMILES string of the molecule is CN(CN)/C(=C\N)COc1cccnc1NC1CCCCC1. The van der Waals surface area contributed by atoms with E-state index in [9.17, 15) is 0 Å². The number of rotatable bonds is 7. The number of hydrogen-bond acceptors (Lipinski definition) is 6. The van der Waals surface area contributed by atoms with Crippen molar-refractivity contribution in [2.75, 3.05) is 25.6 Å². The number of pyridine rings is 1. The van der Waals surface area contributed by atoms with Crippen LogP contribution in [0, 0.1) is 0 Å². The van der Waals surface area contributed by atoms with E-state index in [1.54, 1.807) is 6.20 Å². The van der Waals surface area contributed by atoms with Crippen molar-refractivity contribution in [2.45, 2.75) is 38.1 Å². The van der Waals surface area contributed by atoms with Crippen LogP contribution >= 0.6 is 0 Å². The van der Waals surface area contributed by atoms with Gasteiger partial charge >= 0.3 is 0 Å². The highest BCUT2D eigenvalue weighted by atomic mass is 16.5. The van der Waals surface area contributed by atoms with E-state index in [-0.39, 0.29) is 0 Å². The van der Waals surface area contributed by atoms with Gasteiger partial charge in [0.1, 0.15) is 6.61 Å². The molecular formula is C16H27N5O.